The molecule has 0 radical (unpaired) electrons. The van der Waals surface area contributed by atoms with E-state index in [1.165, 1.54) is 0 Å². The van der Waals surface area contributed by atoms with Gasteiger partial charge in [-0.05, 0) is 25.0 Å². The van der Waals surface area contributed by atoms with Crippen molar-refractivity contribution in [1.82, 2.24) is 0 Å². The van der Waals surface area contributed by atoms with E-state index in [1.54, 1.807) is 19.2 Å². The smallest absolute Gasteiger partial charge is 0.124 e. The topological polar surface area (TPSA) is 82.6 Å². The number of aliphatic hydroxyl groups excluding tert-OH is 1. The molecule has 1 aliphatic carbocycles. The van der Waals surface area contributed by atoms with Gasteiger partial charge < -0.3 is 20.5 Å². The van der Waals surface area contributed by atoms with Gasteiger partial charge in [-0.3, -0.25) is 5.41 Å². The molecule has 0 saturated heterocycles. The largest absolute Gasteiger partial charge is 0.497 e. The van der Waals surface area contributed by atoms with Gasteiger partial charge in [-0.25, -0.2) is 0 Å². The third-order valence-corrected chi connectivity index (χ3v) is 4.07. The molecule has 0 heterocycles. The molecule has 1 aliphatic rings. The minimum Gasteiger partial charge on any atom is -0.497 e. The van der Waals surface area contributed by atoms with Crippen LogP contribution in [0.3, 0.4) is 0 Å². The standard InChI is InChI=1S/C15H23N3O2/c1-18(12-5-3-4-6-14(12)19)13-9-10(20-2)7-8-11(13)15(16)17/h7-9,12,14,19H,3-6H2,1-2H3,(H3,16,17). The summed E-state index contributed by atoms with van der Waals surface area (Å²) in [5, 5.41) is 17.9. The molecule has 20 heavy (non-hydrogen) atoms. The summed E-state index contributed by atoms with van der Waals surface area (Å²) >= 11 is 0. The van der Waals surface area contributed by atoms with Crippen LogP contribution in [0.15, 0.2) is 18.2 Å². The molecule has 2 atom stereocenters. The minimum atomic E-state index is -0.334. The molecule has 110 valence electrons. The Kier molecular flexibility index (Phi) is 4.49. The Morgan fingerprint density at radius 2 is 2.10 bits per heavy atom. The molecule has 1 fully saturated rings. The predicted octanol–water partition coefficient (Wildman–Crippen LogP) is 1.72. The molecule has 1 aromatic carbocycles. The molecule has 2 rings (SSSR count). The van der Waals surface area contributed by atoms with Crippen molar-refractivity contribution in [3.63, 3.8) is 0 Å². The maximum absolute atomic E-state index is 10.2. The average molecular weight is 277 g/mol. The van der Waals surface area contributed by atoms with Crippen LogP contribution >= 0.6 is 0 Å². The van der Waals surface area contributed by atoms with Gasteiger partial charge in [0.1, 0.15) is 11.6 Å². The number of benzene rings is 1. The lowest BCUT2D eigenvalue weighted by Crippen LogP contribution is -2.44. The highest BCUT2D eigenvalue weighted by atomic mass is 16.5. The number of nitrogen functional groups attached to an aromatic ring is 1. The molecule has 2 unspecified atom stereocenters. The van der Waals surface area contributed by atoms with E-state index in [1.807, 2.05) is 18.0 Å². The van der Waals surface area contributed by atoms with Crippen molar-refractivity contribution in [1.29, 1.82) is 5.41 Å². The molecule has 4 N–H and O–H groups in total. The fraction of sp³-hybridized carbons (Fsp3) is 0.533. The molecule has 0 aliphatic heterocycles. The number of nitrogens with one attached hydrogen (secondary N) is 1. The van der Waals surface area contributed by atoms with Crippen molar-refractivity contribution >= 4 is 11.5 Å². The van der Waals surface area contributed by atoms with Crippen LogP contribution in [0.25, 0.3) is 0 Å². The third kappa shape index (κ3) is 2.88. The van der Waals surface area contributed by atoms with Gasteiger partial charge in [0.15, 0.2) is 0 Å². The maximum Gasteiger partial charge on any atom is 0.124 e. The molecule has 5 nitrogen and oxygen atoms in total. The molecule has 0 bridgehead atoms. The SMILES string of the molecule is COc1ccc(C(=N)N)c(N(C)C2CCCCC2O)c1. The monoisotopic (exact) mass is 277 g/mol. The van der Waals surface area contributed by atoms with Gasteiger partial charge in [-0.1, -0.05) is 12.8 Å². The lowest BCUT2D eigenvalue weighted by molar-refractivity contribution is 0.106. The van der Waals surface area contributed by atoms with E-state index in [9.17, 15) is 5.11 Å². The first kappa shape index (κ1) is 14.7. The molecule has 0 aromatic heterocycles. The number of methoxy groups -OCH3 is 1. The summed E-state index contributed by atoms with van der Waals surface area (Å²) in [5.74, 6) is 0.752. The summed E-state index contributed by atoms with van der Waals surface area (Å²) in [6.07, 6.45) is 3.63. The van der Waals surface area contributed by atoms with Crippen molar-refractivity contribution in [2.45, 2.75) is 37.8 Å². The number of nitrogens with two attached hydrogens (primary N) is 1. The van der Waals surface area contributed by atoms with Gasteiger partial charge in [0, 0.05) is 18.7 Å². The second kappa shape index (κ2) is 6.13. The first-order chi connectivity index (χ1) is 9.54. The fourth-order valence-corrected chi connectivity index (χ4v) is 2.88. The normalized spacial score (nSPS) is 22.4. The average Bonchev–Trinajstić information content (AvgIpc) is 2.46. The summed E-state index contributed by atoms with van der Waals surface area (Å²) in [6.45, 7) is 0. The molecule has 1 aromatic rings. The highest BCUT2D eigenvalue weighted by Crippen LogP contribution is 2.31. The summed E-state index contributed by atoms with van der Waals surface area (Å²) in [5.41, 5.74) is 7.17. The highest BCUT2D eigenvalue weighted by Gasteiger charge is 2.28. The van der Waals surface area contributed by atoms with Crippen LogP contribution in [0.5, 0.6) is 5.75 Å². The van der Waals surface area contributed by atoms with Gasteiger partial charge in [-0.2, -0.15) is 0 Å². The summed E-state index contributed by atoms with van der Waals surface area (Å²) in [4.78, 5) is 2.03. The van der Waals surface area contributed by atoms with Crippen LogP contribution < -0.4 is 15.4 Å². The van der Waals surface area contributed by atoms with E-state index in [2.05, 4.69) is 0 Å². The third-order valence-electron chi connectivity index (χ3n) is 4.07. The Balaban J connectivity index is 2.35. The van der Waals surface area contributed by atoms with E-state index in [4.69, 9.17) is 15.9 Å². The van der Waals surface area contributed by atoms with Crippen LogP contribution in [-0.2, 0) is 0 Å². The maximum atomic E-state index is 10.2. The molecular weight excluding hydrogens is 254 g/mol. The van der Waals surface area contributed by atoms with Crippen LogP contribution in [-0.4, -0.2) is 37.2 Å². The van der Waals surface area contributed by atoms with Crippen LogP contribution in [0.1, 0.15) is 31.2 Å². The Bertz CT molecular complexity index is 490. The van der Waals surface area contributed by atoms with Crippen molar-refractivity contribution in [2.24, 2.45) is 5.73 Å². The van der Waals surface area contributed by atoms with Crippen molar-refractivity contribution < 1.29 is 9.84 Å². The second-order valence-electron chi connectivity index (χ2n) is 5.33. The number of ether oxygens (including phenoxy) is 1. The molecular formula is C15H23N3O2. The Labute approximate surface area is 119 Å². The number of nitrogens with zero attached hydrogens (tertiary/aromatic N) is 1. The number of rotatable bonds is 4. The van der Waals surface area contributed by atoms with Crippen LogP contribution in [0.4, 0.5) is 5.69 Å². The van der Waals surface area contributed by atoms with Gasteiger partial charge in [0.05, 0.1) is 24.9 Å². The minimum absolute atomic E-state index is 0.0276. The van der Waals surface area contributed by atoms with Gasteiger partial charge >= 0.3 is 0 Å². The van der Waals surface area contributed by atoms with Crippen LogP contribution in [0, 0.1) is 5.41 Å². The summed E-state index contributed by atoms with van der Waals surface area (Å²) < 4.78 is 5.25. The Morgan fingerprint density at radius 3 is 2.70 bits per heavy atom. The van der Waals surface area contributed by atoms with Crippen molar-refractivity contribution in [3.8, 4) is 5.75 Å². The zero-order chi connectivity index (χ0) is 14.7. The molecule has 1 saturated carbocycles. The number of amidine groups is 1. The molecule has 0 amide bonds. The number of likely N-dealkylation sites (N-methyl/N-ethyl adjacent to an activating group) is 1. The second-order valence-corrected chi connectivity index (χ2v) is 5.33. The first-order valence-corrected chi connectivity index (χ1v) is 6.98. The van der Waals surface area contributed by atoms with Gasteiger partial charge in [0.25, 0.3) is 0 Å². The summed E-state index contributed by atoms with van der Waals surface area (Å²) in [6, 6.07) is 5.53. The molecule has 5 heteroatoms. The zero-order valence-electron chi connectivity index (χ0n) is 12.1. The first-order valence-electron chi connectivity index (χ1n) is 6.98. The lowest BCUT2D eigenvalue weighted by atomic mass is 9.91. The van der Waals surface area contributed by atoms with E-state index < -0.39 is 0 Å². The number of anilines is 1. The van der Waals surface area contributed by atoms with Crippen LogP contribution in [0.2, 0.25) is 0 Å². The van der Waals surface area contributed by atoms with Crippen molar-refractivity contribution in [2.75, 3.05) is 19.1 Å². The number of hydrogen-bond acceptors (Lipinski definition) is 4. The quantitative estimate of drug-likeness (QED) is 0.578. The Morgan fingerprint density at radius 1 is 1.40 bits per heavy atom. The predicted molar refractivity (Wildman–Crippen MR) is 80.7 cm³/mol. The van der Waals surface area contributed by atoms with Crippen molar-refractivity contribution in [3.05, 3.63) is 23.8 Å². The van der Waals surface area contributed by atoms with Gasteiger partial charge in [-0.15, -0.1) is 0 Å². The summed E-state index contributed by atoms with van der Waals surface area (Å²) in [7, 11) is 3.56. The van der Waals surface area contributed by atoms with E-state index in [-0.39, 0.29) is 18.0 Å². The van der Waals surface area contributed by atoms with E-state index in [0.717, 1.165) is 37.1 Å². The molecule has 0 spiro atoms. The highest BCUT2D eigenvalue weighted by molar-refractivity contribution is 6.00. The zero-order valence-corrected chi connectivity index (χ0v) is 12.1. The fourth-order valence-electron chi connectivity index (χ4n) is 2.88. The lowest BCUT2D eigenvalue weighted by Gasteiger charge is -2.37. The number of hydrogen-bond donors (Lipinski definition) is 3. The Hall–Kier alpha value is -1.75. The van der Waals surface area contributed by atoms with E-state index >= 15 is 0 Å². The van der Waals surface area contributed by atoms with Gasteiger partial charge in [0.2, 0.25) is 0 Å². The number of aliphatic hydroxyl groups is 1. The van der Waals surface area contributed by atoms with E-state index in [0.29, 0.717) is 5.56 Å².